The molecule has 0 saturated heterocycles. The van der Waals surface area contributed by atoms with Gasteiger partial charge in [-0.1, -0.05) is 54.6 Å². The second kappa shape index (κ2) is 6.97. The number of aromatic nitrogens is 4. The molecule has 1 atom stereocenters. The van der Waals surface area contributed by atoms with Gasteiger partial charge in [0.05, 0.1) is 13.6 Å². The second-order valence-electron chi connectivity index (χ2n) is 7.01. The highest BCUT2D eigenvalue weighted by Crippen LogP contribution is 2.37. The Hall–Kier alpha value is -2.57. The van der Waals surface area contributed by atoms with E-state index < -0.39 is 5.60 Å². The Labute approximate surface area is 153 Å². The van der Waals surface area contributed by atoms with Gasteiger partial charge in [0.1, 0.15) is 5.60 Å². The van der Waals surface area contributed by atoms with E-state index in [1.165, 1.54) is 15.9 Å². The first-order valence-corrected chi connectivity index (χ1v) is 8.92. The van der Waals surface area contributed by atoms with Crippen LogP contribution in [0, 0.1) is 0 Å². The predicted octanol–water partition coefficient (Wildman–Crippen LogP) is 2.05. The fourth-order valence-corrected chi connectivity index (χ4v) is 3.80. The van der Waals surface area contributed by atoms with E-state index in [1.807, 2.05) is 36.4 Å². The number of hydrogen-bond donors (Lipinski definition) is 1. The van der Waals surface area contributed by atoms with Crippen LogP contribution in [0.15, 0.2) is 54.6 Å². The van der Waals surface area contributed by atoms with Crippen molar-refractivity contribution in [1.82, 2.24) is 25.1 Å². The fraction of sp³-hybridized carbons (Fsp3) is 0.350. The van der Waals surface area contributed by atoms with Gasteiger partial charge in [0, 0.05) is 13.1 Å². The number of aliphatic hydroxyl groups is 1. The third kappa shape index (κ3) is 3.52. The summed E-state index contributed by atoms with van der Waals surface area (Å²) >= 11 is 0. The highest BCUT2D eigenvalue weighted by atomic mass is 16.3. The SMILES string of the molecule is Cn1nnc(CN(Cc2ccccc2)C[C@@]2(O)CCc3ccccc32)n1. The predicted molar refractivity (Wildman–Crippen MR) is 98.0 cm³/mol. The third-order valence-electron chi connectivity index (χ3n) is 4.98. The van der Waals surface area contributed by atoms with Gasteiger partial charge in [0.25, 0.3) is 0 Å². The summed E-state index contributed by atoms with van der Waals surface area (Å²) in [5.41, 5.74) is 2.65. The Morgan fingerprint density at radius 3 is 2.62 bits per heavy atom. The summed E-state index contributed by atoms with van der Waals surface area (Å²) in [7, 11) is 1.76. The molecule has 0 amide bonds. The van der Waals surface area contributed by atoms with Gasteiger partial charge < -0.3 is 5.11 Å². The van der Waals surface area contributed by atoms with Gasteiger partial charge in [-0.05, 0) is 34.7 Å². The van der Waals surface area contributed by atoms with Crippen LogP contribution in [0.1, 0.15) is 28.9 Å². The van der Waals surface area contributed by atoms with E-state index in [2.05, 4.69) is 38.5 Å². The third-order valence-corrected chi connectivity index (χ3v) is 4.98. The second-order valence-corrected chi connectivity index (χ2v) is 7.01. The average Bonchev–Trinajstić information content (AvgIpc) is 3.20. The van der Waals surface area contributed by atoms with Gasteiger partial charge in [-0.25, -0.2) is 0 Å². The van der Waals surface area contributed by atoms with E-state index in [-0.39, 0.29) is 0 Å². The Bertz CT molecular complexity index is 879. The molecule has 0 aliphatic heterocycles. The van der Waals surface area contributed by atoms with Crippen molar-refractivity contribution in [3.8, 4) is 0 Å². The monoisotopic (exact) mass is 349 g/mol. The van der Waals surface area contributed by atoms with Crippen LogP contribution < -0.4 is 0 Å². The molecule has 2 aromatic carbocycles. The lowest BCUT2D eigenvalue weighted by Crippen LogP contribution is -2.39. The summed E-state index contributed by atoms with van der Waals surface area (Å²) in [5, 5.41) is 23.7. The molecule has 1 N–H and O–H groups in total. The smallest absolute Gasteiger partial charge is 0.188 e. The van der Waals surface area contributed by atoms with Crippen molar-refractivity contribution >= 4 is 0 Å². The summed E-state index contributed by atoms with van der Waals surface area (Å²) in [6, 6.07) is 18.5. The first-order valence-electron chi connectivity index (χ1n) is 8.92. The van der Waals surface area contributed by atoms with E-state index in [0.717, 1.165) is 24.9 Å². The molecule has 1 aromatic heterocycles. The summed E-state index contributed by atoms with van der Waals surface area (Å²) in [4.78, 5) is 3.67. The van der Waals surface area contributed by atoms with E-state index in [0.29, 0.717) is 18.9 Å². The Kier molecular flexibility index (Phi) is 4.53. The average molecular weight is 349 g/mol. The van der Waals surface area contributed by atoms with Crippen LogP contribution in [0.3, 0.4) is 0 Å². The molecular weight excluding hydrogens is 326 g/mol. The molecule has 1 aliphatic carbocycles. The van der Waals surface area contributed by atoms with Gasteiger partial charge in [-0.15, -0.1) is 10.2 Å². The number of tetrazole rings is 1. The lowest BCUT2D eigenvalue weighted by Gasteiger charge is -2.31. The Balaban J connectivity index is 1.58. The zero-order valence-electron chi connectivity index (χ0n) is 14.9. The highest BCUT2D eigenvalue weighted by Gasteiger charge is 2.38. The first kappa shape index (κ1) is 16.9. The Morgan fingerprint density at radius 2 is 1.85 bits per heavy atom. The molecule has 0 bridgehead atoms. The van der Waals surface area contributed by atoms with Crippen molar-refractivity contribution in [2.45, 2.75) is 31.5 Å². The number of rotatable bonds is 6. The van der Waals surface area contributed by atoms with Gasteiger partial charge in [0.15, 0.2) is 5.82 Å². The number of aryl methyl sites for hydroxylation is 2. The van der Waals surface area contributed by atoms with Gasteiger partial charge in [-0.3, -0.25) is 4.90 Å². The molecule has 6 nitrogen and oxygen atoms in total. The lowest BCUT2D eigenvalue weighted by molar-refractivity contribution is -0.00496. The summed E-state index contributed by atoms with van der Waals surface area (Å²) in [5.74, 6) is 0.665. The number of nitrogens with zero attached hydrogens (tertiary/aromatic N) is 5. The van der Waals surface area contributed by atoms with Crippen molar-refractivity contribution in [1.29, 1.82) is 0 Å². The summed E-state index contributed by atoms with van der Waals surface area (Å²) in [6.45, 7) is 1.81. The number of fused-ring (bicyclic) bond motifs is 1. The molecule has 134 valence electrons. The van der Waals surface area contributed by atoms with Crippen molar-refractivity contribution in [3.63, 3.8) is 0 Å². The van der Waals surface area contributed by atoms with Crippen molar-refractivity contribution in [2.75, 3.05) is 6.54 Å². The van der Waals surface area contributed by atoms with Gasteiger partial charge >= 0.3 is 0 Å². The van der Waals surface area contributed by atoms with E-state index in [9.17, 15) is 5.11 Å². The summed E-state index contributed by atoms with van der Waals surface area (Å²) < 4.78 is 0. The molecule has 0 radical (unpaired) electrons. The molecule has 0 fully saturated rings. The first-order chi connectivity index (χ1) is 12.6. The molecule has 0 spiro atoms. The van der Waals surface area contributed by atoms with Crippen LogP contribution in [0.5, 0.6) is 0 Å². The molecular formula is C20H23N5O. The maximum Gasteiger partial charge on any atom is 0.188 e. The molecule has 1 heterocycles. The summed E-state index contributed by atoms with van der Waals surface area (Å²) in [6.07, 6.45) is 1.65. The standard InChI is InChI=1S/C20H23N5O/c1-24-22-19(21-23-24)14-25(13-16-7-3-2-4-8-16)15-20(26)12-11-17-9-5-6-10-18(17)20/h2-10,26H,11-15H2,1H3/t20-/m0/s1. The lowest BCUT2D eigenvalue weighted by atomic mass is 9.95. The van der Waals surface area contributed by atoms with Gasteiger partial charge in [-0.2, -0.15) is 4.80 Å². The molecule has 0 saturated carbocycles. The molecule has 6 heteroatoms. The van der Waals surface area contributed by atoms with E-state index in [4.69, 9.17) is 0 Å². The highest BCUT2D eigenvalue weighted by molar-refractivity contribution is 5.37. The van der Waals surface area contributed by atoms with E-state index in [1.54, 1.807) is 7.05 Å². The fourth-order valence-electron chi connectivity index (χ4n) is 3.80. The van der Waals surface area contributed by atoms with Crippen LogP contribution in [0.25, 0.3) is 0 Å². The minimum absolute atomic E-state index is 0.539. The van der Waals surface area contributed by atoms with Crippen molar-refractivity contribution in [3.05, 3.63) is 77.1 Å². The molecule has 4 rings (SSSR count). The molecule has 0 unspecified atom stereocenters. The molecule has 1 aliphatic rings. The maximum absolute atomic E-state index is 11.4. The maximum atomic E-state index is 11.4. The van der Waals surface area contributed by atoms with Crippen LogP contribution in [-0.4, -0.2) is 36.8 Å². The van der Waals surface area contributed by atoms with Crippen LogP contribution >= 0.6 is 0 Å². The van der Waals surface area contributed by atoms with Crippen molar-refractivity contribution in [2.24, 2.45) is 7.05 Å². The minimum atomic E-state index is -0.840. The Morgan fingerprint density at radius 1 is 1.08 bits per heavy atom. The number of hydrogen-bond acceptors (Lipinski definition) is 5. The van der Waals surface area contributed by atoms with Crippen molar-refractivity contribution < 1.29 is 5.11 Å². The zero-order valence-corrected chi connectivity index (χ0v) is 14.9. The van der Waals surface area contributed by atoms with Crippen LogP contribution in [0.2, 0.25) is 0 Å². The van der Waals surface area contributed by atoms with Gasteiger partial charge in [0.2, 0.25) is 0 Å². The molecule has 26 heavy (non-hydrogen) atoms. The molecule has 3 aromatic rings. The zero-order chi connectivity index (χ0) is 18.0. The largest absolute Gasteiger partial charge is 0.384 e. The van der Waals surface area contributed by atoms with Crippen LogP contribution in [0.4, 0.5) is 0 Å². The van der Waals surface area contributed by atoms with Crippen LogP contribution in [-0.2, 0) is 32.2 Å². The topological polar surface area (TPSA) is 67.1 Å². The minimum Gasteiger partial charge on any atom is -0.384 e. The number of benzene rings is 2. The normalized spacial score (nSPS) is 19.0. The van der Waals surface area contributed by atoms with E-state index >= 15 is 0 Å². The quantitative estimate of drug-likeness (QED) is 0.738.